The normalized spacial score (nSPS) is 9.94. The van der Waals surface area contributed by atoms with E-state index in [2.05, 4.69) is 5.32 Å². The van der Waals surface area contributed by atoms with Crippen molar-refractivity contribution in [2.75, 3.05) is 5.32 Å². The first kappa shape index (κ1) is 12.6. The second kappa shape index (κ2) is 5.61. The van der Waals surface area contributed by atoms with Gasteiger partial charge in [0, 0.05) is 18.5 Å². The number of carbonyl (C=O) groups excluding carboxylic acids is 2. The molecule has 1 rings (SSSR count). The lowest BCUT2D eigenvalue weighted by Gasteiger charge is -2.04. The van der Waals surface area contributed by atoms with Crippen LogP contribution in [0.15, 0.2) is 18.2 Å². The van der Waals surface area contributed by atoms with Crippen molar-refractivity contribution in [1.29, 1.82) is 0 Å². The quantitative estimate of drug-likeness (QED) is 0.884. The van der Waals surface area contributed by atoms with E-state index >= 15 is 0 Å². The SMILES string of the molecule is CC(=O)CCC(=O)Nc1ccc(F)c(Cl)c1. The zero-order valence-corrected chi connectivity index (χ0v) is 9.47. The van der Waals surface area contributed by atoms with Gasteiger partial charge in [0.15, 0.2) is 0 Å². The van der Waals surface area contributed by atoms with Crippen molar-refractivity contribution in [2.24, 2.45) is 0 Å². The first-order valence-electron chi connectivity index (χ1n) is 4.73. The van der Waals surface area contributed by atoms with Crippen LogP contribution in [0.5, 0.6) is 0 Å². The Kier molecular flexibility index (Phi) is 4.43. The summed E-state index contributed by atoms with van der Waals surface area (Å²) < 4.78 is 12.8. The van der Waals surface area contributed by atoms with Crippen LogP contribution in [0.2, 0.25) is 5.02 Å². The number of rotatable bonds is 4. The fourth-order valence-corrected chi connectivity index (χ4v) is 1.27. The summed E-state index contributed by atoms with van der Waals surface area (Å²) in [5.41, 5.74) is 0.417. The first-order chi connectivity index (χ1) is 7.49. The van der Waals surface area contributed by atoms with E-state index in [-0.39, 0.29) is 29.6 Å². The van der Waals surface area contributed by atoms with Crippen LogP contribution in [-0.4, -0.2) is 11.7 Å². The fraction of sp³-hybridized carbons (Fsp3) is 0.273. The Bertz CT molecular complexity index is 420. The third kappa shape index (κ3) is 3.98. The van der Waals surface area contributed by atoms with E-state index in [0.29, 0.717) is 5.69 Å². The van der Waals surface area contributed by atoms with Gasteiger partial charge in [0.2, 0.25) is 5.91 Å². The van der Waals surface area contributed by atoms with Crippen molar-refractivity contribution < 1.29 is 14.0 Å². The number of anilines is 1. The van der Waals surface area contributed by atoms with E-state index in [4.69, 9.17) is 11.6 Å². The first-order valence-corrected chi connectivity index (χ1v) is 5.11. The maximum absolute atomic E-state index is 12.8. The summed E-state index contributed by atoms with van der Waals surface area (Å²) in [7, 11) is 0. The summed E-state index contributed by atoms with van der Waals surface area (Å²) in [6.07, 6.45) is 0.311. The monoisotopic (exact) mass is 243 g/mol. The molecule has 1 aromatic rings. The highest BCUT2D eigenvalue weighted by Crippen LogP contribution is 2.19. The number of carbonyl (C=O) groups is 2. The average Bonchev–Trinajstić information content (AvgIpc) is 2.21. The summed E-state index contributed by atoms with van der Waals surface area (Å²) in [4.78, 5) is 22.0. The molecule has 1 aromatic carbocycles. The smallest absolute Gasteiger partial charge is 0.224 e. The van der Waals surface area contributed by atoms with Gasteiger partial charge in [-0.2, -0.15) is 0 Å². The minimum absolute atomic E-state index is 0.0488. The lowest BCUT2D eigenvalue weighted by atomic mass is 10.2. The van der Waals surface area contributed by atoms with Gasteiger partial charge in [-0.05, 0) is 25.1 Å². The van der Waals surface area contributed by atoms with Crippen LogP contribution in [-0.2, 0) is 9.59 Å². The van der Waals surface area contributed by atoms with Crippen LogP contribution in [0.4, 0.5) is 10.1 Å². The molecule has 1 amide bonds. The van der Waals surface area contributed by atoms with Gasteiger partial charge in [0.05, 0.1) is 5.02 Å². The molecule has 0 radical (unpaired) electrons. The van der Waals surface area contributed by atoms with E-state index in [1.54, 1.807) is 0 Å². The summed E-state index contributed by atoms with van der Waals surface area (Å²) in [5, 5.41) is 2.47. The van der Waals surface area contributed by atoms with Crippen LogP contribution in [0.1, 0.15) is 19.8 Å². The van der Waals surface area contributed by atoms with Crippen molar-refractivity contribution in [3.8, 4) is 0 Å². The molecule has 0 aromatic heterocycles. The maximum Gasteiger partial charge on any atom is 0.224 e. The molecular weight excluding hydrogens is 233 g/mol. The summed E-state index contributed by atoms with van der Waals surface area (Å²) in [5.74, 6) is -0.881. The van der Waals surface area contributed by atoms with Gasteiger partial charge in [0.25, 0.3) is 0 Å². The van der Waals surface area contributed by atoms with Crippen molar-refractivity contribution in [1.82, 2.24) is 0 Å². The Morgan fingerprint density at radius 1 is 1.38 bits per heavy atom. The molecule has 0 unspecified atom stereocenters. The molecular formula is C11H11ClFNO2. The highest BCUT2D eigenvalue weighted by atomic mass is 35.5. The van der Waals surface area contributed by atoms with E-state index in [9.17, 15) is 14.0 Å². The van der Waals surface area contributed by atoms with Crippen LogP contribution >= 0.6 is 11.6 Å². The van der Waals surface area contributed by atoms with Gasteiger partial charge in [-0.15, -0.1) is 0 Å². The molecule has 0 spiro atoms. The van der Waals surface area contributed by atoms with Gasteiger partial charge < -0.3 is 10.1 Å². The molecule has 0 heterocycles. The third-order valence-corrected chi connectivity index (χ3v) is 2.20. The molecule has 1 N–H and O–H groups in total. The molecule has 0 bridgehead atoms. The Morgan fingerprint density at radius 3 is 2.62 bits per heavy atom. The highest BCUT2D eigenvalue weighted by molar-refractivity contribution is 6.31. The van der Waals surface area contributed by atoms with Crippen LogP contribution in [0.3, 0.4) is 0 Å². The third-order valence-electron chi connectivity index (χ3n) is 1.91. The standard InChI is InChI=1S/C11H11ClFNO2/c1-7(15)2-5-11(16)14-8-3-4-10(13)9(12)6-8/h3-4,6H,2,5H2,1H3,(H,14,16). The second-order valence-corrected chi connectivity index (χ2v) is 3.79. The van der Waals surface area contributed by atoms with E-state index < -0.39 is 5.82 Å². The molecule has 0 aliphatic heterocycles. The maximum atomic E-state index is 12.8. The number of benzene rings is 1. The summed E-state index contributed by atoms with van der Waals surface area (Å²) >= 11 is 5.54. The number of Topliss-reactive ketones (excluding diaryl/α,β-unsaturated/α-hetero) is 1. The number of amides is 1. The lowest BCUT2D eigenvalue weighted by molar-refractivity contribution is -0.121. The van der Waals surface area contributed by atoms with Crippen LogP contribution in [0, 0.1) is 5.82 Å². The Hall–Kier alpha value is -1.42. The molecule has 0 saturated carbocycles. The molecule has 0 saturated heterocycles. The molecule has 0 atom stereocenters. The van der Waals surface area contributed by atoms with Crippen molar-refractivity contribution in [3.63, 3.8) is 0 Å². The number of hydrogen-bond donors (Lipinski definition) is 1. The zero-order chi connectivity index (χ0) is 12.1. The largest absolute Gasteiger partial charge is 0.326 e. The molecule has 5 heteroatoms. The second-order valence-electron chi connectivity index (χ2n) is 3.38. The topological polar surface area (TPSA) is 46.2 Å². The number of ketones is 1. The predicted molar refractivity (Wildman–Crippen MR) is 60.0 cm³/mol. The summed E-state index contributed by atoms with van der Waals surface area (Å²) in [6.45, 7) is 1.42. The number of nitrogens with one attached hydrogen (secondary N) is 1. The van der Waals surface area contributed by atoms with E-state index in [1.165, 1.54) is 25.1 Å². The molecule has 0 fully saturated rings. The Morgan fingerprint density at radius 2 is 2.06 bits per heavy atom. The predicted octanol–water partition coefficient (Wildman–Crippen LogP) is 2.79. The van der Waals surface area contributed by atoms with Crippen molar-refractivity contribution >= 4 is 29.0 Å². The minimum atomic E-state index is -0.539. The van der Waals surface area contributed by atoms with Gasteiger partial charge in [-0.1, -0.05) is 11.6 Å². The molecule has 16 heavy (non-hydrogen) atoms. The van der Waals surface area contributed by atoms with Gasteiger partial charge in [-0.25, -0.2) is 4.39 Å². The van der Waals surface area contributed by atoms with E-state index in [1.807, 2.05) is 0 Å². The van der Waals surface area contributed by atoms with Gasteiger partial charge >= 0.3 is 0 Å². The van der Waals surface area contributed by atoms with Gasteiger partial charge in [-0.3, -0.25) is 4.79 Å². The molecule has 0 aliphatic carbocycles. The number of hydrogen-bond acceptors (Lipinski definition) is 2. The fourth-order valence-electron chi connectivity index (χ4n) is 1.09. The minimum Gasteiger partial charge on any atom is -0.326 e. The Balaban J connectivity index is 2.56. The highest BCUT2D eigenvalue weighted by Gasteiger charge is 2.06. The van der Waals surface area contributed by atoms with E-state index in [0.717, 1.165) is 0 Å². The number of halogens is 2. The Labute approximate surface area is 97.6 Å². The van der Waals surface area contributed by atoms with Gasteiger partial charge in [0.1, 0.15) is 11.6 Å². The van der Waals surface area contributed by atoms with Crippen molar-refractivity contribution in [2.45, 2.75) is 19.8 Å². The van der Waals surface area contributed by atoms with Crippen LogP contribution < -0.4 is 5.32 Å². The summed E-state index contributed by atoms with van der Waals surface area (Å²) in [6, 6.07) is 3.90. The molecule has 0 aliphatic rings. The zero-order valence-electron chi connectivity index (χ0n) is 8.72. The lowest BCUT2D eigenvalue weighted by Crippen LogP contribution is -2.12. The molecule has 86 valence electrons. The van der Waals surface area contributed by atoms with Crippen LogP contribution in [0.25, 0.3) is 0 Å². The van der Waals surface area contributed by atoms with Crippen molar-refractivity contribution in [3.05, 3.63) is 29.0 Å². The average molecular weight is 244 g/mol. The molecule has 3 nitrogen and oxygen atoms in total.